The first-order valence-electron chi connectivity index (χ1n) is 16.5. The summed E-state index contributed by atoms with van der Waals surface area (Å²) in [5.41, 5.74) is 1.55. The van der Waals surface area contributed by atoms with Gasteiger partial charge in [-0.2, -0.15) is 0 Å². The molecule has 2 aliphatic heterocycles. The van der Waals surface area contributed by atoms with Crippen LogP contribution < -0.4 is 21.1 Å². The van der Waals surface area contributed by atoms with Crippen molar-refractivity contribution >= 4 is 39.4 Å². The lowest BCUT2D eigenvalue weighted by Crippen LogP contribution is -2.49. The van der Waals surface area contributed by atoms with Crippen LogP contribution in [0.4, 0.5) is 14.5 Å². The Morgan fingerprint density at radius 3 is 2.12 bits per heavy atom. The van der Waals surface area contributed by atoms with Gasteiger partial charge < -0.3 is 29.6 Å². The average Bonchev–Trinajstić information content (AvgIpc) is 3.90. The molecule has 3 aliphatic rings. The molecule has 10 nitrogen and oxygen atoms in total. The third-order valence-electron chi connectivity index (χ3n) is 9.51. The fraction of sp³-hybridized carbons (Fsp3) is 0.444. The summed E-state index contributed by atoms with van der Waals surface area (Å²) in [6.45, 7) is 13.4. The van der Waals surface area contributed by atoms with Gasteiger partial charge in [0.2, 0.25) is 10.9 Å². The number of aryl methyl sites for hydroxylation is 2. The number of nitrogens with zero attached hydrogens (tertiary/aromatic N) is 3. The highest BCUT2D eigenvalue weighted by molar-refractivity contribution is 5.95. The third-order valence-corrected chi connectivity index (χ3v) is 9.51. The maximum Gasteiger partial charge on any atom is 0.341 e. The van der Waals surface area contributed by atoms with Crippen molar-refractivity contribution in [2.45, 2.75) is 85.4 Å². The summed E-state index contributed by atoms with van der Waals surface area (Å²) in [5.74, 6) is -3.44. The van der Waals surface area contributed by atoms with E-state index in [4.69, 9.17) is 5.11 Å². The zero-order chi connectivity index (χ0) is 35.2. The molecular formula is C36H42F2N4O6. The van der Waals surface area contributed by atoms with Crippen molar-refractivity contribution in [1.29, 1.82) is 0 Å². The number of rotatable bonds is 4. The number of piperazine rings is 1. The third kappa shape index (κ3) is 6.09. The van der Waals surface area contributed by atoms with Gasteiger partial charge in [0.05, 0.1) is 22.1 Å². The van der Waals surface area contributed by atoms with E-state index in [-0.39, 0.29) is 45.6 Å². The second-order valence-corrected chi connectivity index (χ2v) is 12.7. The maximum atomic E-state index is 15.1. The van der Waals surface area contributed by atoms with Crippen LogP contribution in [0.3, 0.4) is 0 Å². The Balaban J connectivity index is 0.000000184. The van der Waals surface area contributed by atoms with Crippen molar-refractivity contribution in [3.63, 3.8) is 0 Å². The summed E-state index contributed by atoms with van der Waals surface area (Å²) >= 11 is 0. The number of anilines is 1. The summed E-state index contributed by atoms with van der Waals surface area (Å²) in [7, 11) is 0. The quantitative estimate of drug-likeness (QED) is 0.243. The van der Waals surface area contributed by atoms with Crippen LogP contribution in [0, 0.1) is 25.5 Å². The maximum absolute atomic E-state index is 15.1. The van der Waals surface area contributed by atoms with E-state index in [9.17, 15) is 28.7 Å². The number of fused-ring (bicyclic) bond motifs is 1. The Kier molecular flexibility index (Phi) is 9.77. The molecule has 256 valence electrons. The first-order valence-corrected chi connectivity index (χ1v) is 16.5. The molecule has 2 unspecified atom stereocenters. The van der Waals surface area contributed by atoms with E-state index in [2.05, 4.69) is 12.2 Å². The van der Waals surface area contributed by atoms with Gasteiger partial charge in [0.25, 0.3) is 0 Å². The highest BCUT2D eigenvalue weighted by Crippen LogP contribution is 2.39. The second kappa shape index (κ2) is 13.5. The topological polar surface area (TPSA) is 134 Å². The molecule has 0 amide bonds. The van der Waals surface area contributed by atoms with Crippen LogP contribution >= 0.6 is 0 Å². The number of aromatic carboxylic acids is 2. The normalized spacial score (nSPS) is 18.5. The molecule has 2 aromatic heterocycles. The lowest BCUT2D eigenvalue weighted by atomic mass is 9.92. The summed E-state index contributed by atoms with van der Waals surface area (Å²) in [4.78, 5) is 49.6. The van der Waals surface area contributed by atoms with E-state index in [1.165, 1.54) is 12.4 Å². The molecule has 1 saturated carbocycles. The molecule has 0 radical (unpaired) electrons. The number of hydrogen-bond acceptors (Lipinski definition) is 6. The van der Waals surface area contributed by atoms with Crippen molar-refractivity contribution in [3.8, 4) is 0 Å². The number of aromatic nitrogens is 2. The highest BCUT2D eigenvalue weighted by Gasteiger charge is 2.30. The molecule has 4 aromatic rings. The van der Waals surface area contributed by atoms with E-state index in [1.54, 1.807) is 24.5 Å². The average molecular weight is 665 g/mol. The monoisotopic (exact) mass is 664 g/mol. The van der Waals surface area contributed by atoms with Crippen LogP contribution in [0.15, 0.2) is 34.1 Å². The summed E-state index contributed by atoms with van der Waals surface area (Å²) in [5, 5.41) is 22.2. The van der Waals surface area contributed by atoms with Gasteiger partial charge in [-0.3, -0.25) is 9.59 Å². The number of benzene rings is 2. The van der Waals surface area contributed by atoms with Gasteiger partial charge in [-0.05, 0) is 76.6 Å². The minimum atomic E-state index is -1.28. The zero-order valence-electron chi connectivity index (χ0n) is 28.1. The number of halogens is 2. The minimum Gasteiger partial charge on any atom is -0.477 e. The largest absolute Gasteiger partial charge is 0.477 e. The van der Waals surface area contributed by atoms with Gasteiger partial charge in [0.1, 0.15) is 22.8 Å². The first kappa shape index (κ1) is 34.7. The second-order valence-electron chi connectivity index (χ2n) is 12.7. The van der Waals surface area contributed by atoms with Crippen molar-refractivity contribution in [1.82, 2.24) is 14.5 Å². The predicted molar refractivity (Wildman–Crippen MR) is 182 cm³/mol. The van der Waals surface area contributed by atoms with Gasteiger partial charge in [-0.1, -0.05) is 13.8 Å². The molecule has 48 heavy (non-hydrogen) atoms. The van der Waals surface area contributed by atoms with Gasteiger partial charge in [-0.25, -0.2) is 18.4 Å². The minimum absolute atomic E-state index is 0.0913. The number of pyridine rings is 2. The molecule has 7 rings (SSSR count). The SMILES string of the molecule is CC.Cc1c(F)c(N2CCNC(C)C2)cc2c1c(=O)c(C(=O)O)cn2C1CC1.Cc1c(F)cc2c(=O)c(C(=O)O)cn3c2c1CCC3C. The fourth-order valence-corrected chi connectivity index (χ4v) is 6.80. The van der Waals surface area contributed by atoms with Crippen LogP contribution in [0.25, 0.3) is 21.8 Å². The molecule has 1 saturated heterocycles. The van der Waals surface area contributed by atoms with E-state index in [0.717, 1.165) is 37.4 Å². The molecule has 0 bridgehead atoms. The van der Waals surface area contributed by atoms with Crippen LogP contribution in [0.5, 0.6) is 0 Å². The van der Waals surface area contributed by atoms with Crippen molar-refractivity contribution in [2.24, 2.45) is 0 Å². The number of nitrogens with one attached hydrogen (secondary N) is 1. The summed E-state index contributed by atoms with van der Waals surface area (Å²) < 4.78 is 32.8. The molecule has 3 N–H and O–H groups in total. The molecule has 1 aliphatic carbocycles. The fourth-order valence-electron chi connectivity index (χ4n) is 6.80. The van der Waals surface area contributed by atoms with Crippen LogP contribution in [0.2, 0.25) is 0 Å². The Morgan fingerprint density at radius 1 is 0.896 bits per heavy atom. The highest BCUT2D eigenvalue weighted by atomic mass is 19.1. The van der Waals surface area contributed by atoms with Gasteiger partial charge in [0, 0.05) is 61.1 Å². The lowest BCUT2D eigenvalue weighted by molar-refractivity contribution is 0.0684. The van der Waals surface area contributed by atoms with Crippen LogP contribution in [-0.2, 0) is 6.42 Å². The smallest absolute Gasteiger partial charge is 0.341 e. The Labute approximate surface area is 276 Å². The Hall–Kier alpha value is -4.58. The first-order chi connectivity index (χ1) is 22.8. The summed E-state index contributed by atoms with van der Waals surface area (Å²) in [6, 6.07) is 3.40. The Morgan fingerprint density at radius 2 is 1.52 bits per heavy atom. The van der Waals surface area contributed by atoms with Crippen molar-refractivity contribution < 1.29 is 28.6 Å². The van der Waals surface area contributed by atoms with E-state index in [0.29, 0.717) is 41.8 Å². The van der Waals surface area contributed by atoms with E-state index < -0.39 is 34.4 Å². The summed E-state index contributed by atoms with van der Waals surface area (Å²) in [6.07, 6.45) is 6.19. The number of hydrogen-bond donors (Lipinski definition) is 3. The molecule has 4 heterocycles. The van der Waals surface area contributed by atoms with Gasteiger partial charge in [-0.15, -0.1) is 0 Å². The molecule has 2 atom stereocenters. The molecule has 0 spiro atoms. The predicted octanol–water partition coefficient (Wildman–Crippen LogP) is 5.96. The molecule has 12 heteroatoms. The van der Waals surface area contributed by atoms with Gasteiger partial charge >= 0.3 is 11.9 Å². The number of carboxylic acids is 2. The Bertz CT molecular complexity index is 2070. The van der Waals surface area contributed by atoms with E-state index >= 15 is 4.39 Å². The standard InChI is InChI=1S/C19H22FN3O3.C15H14FNO3.C2H6/c1-10-8-22(6-5-21-10)15-7-14-16(11(2)17(15)20)18(24)13(19(25)26)9-23(14)12-3-4-12;1-7-3-4-9-8(2)12(16)5-10-13(9)17(7)6-11(14(10)18)15(19)20;1-2/h7,9-10,12,21H,3-6,8H2,1-2H3,(H,25,26);5-7H,3-4H2,1-2H3,(H,19,20);1-2H3. The lowest BCUT2D eigenvalue weighted by Gasteiger charge is -2.34. The van der Waals surface area contributed by atoms with Crippen molar-refractivity contribution in [2.75, 3.05) is 24.5 Å². The van der Waals surface area contributed by atoms with Crippen molar-refractivity contribution in [3.05, 3.63) is 84.4 Å². The van der Waals surface area contributed by atoms with Gasteiger partial charge in [0.15, 0.2) is 0 Å². The molecular weight excluding hydrogens is 622 g/mol. The van der Waals surface area contributed by atoms with Crippen LogP contribution in [0.1, 0.15) is 96.4 Å². The number of carboxylic acid groups (broad SMARTS) is 2. The van der Waals surface area contributed by atoms with Crippen LogP contribution in [-0.4, -0.2) is 57.0 Å². The number of carbonyl (C=O) groups is 2. The van der Waals surface area contributed by atoms with E-state index in [1.807, 2.05) is 30.2 Å². The zero-order valence-corrected chi connectivity index (χ0v) is 28.1. The molecule has 2 fully saturated rings. The molecule has 2 aromatic carbocycles.